The van der Waals surface area contributed by atoms with Crippen molar-refractivity contribution in [1.29, 1.82) is 0 Å². The fourth-order valence-corrected chi connectivity index (χ4v) is 4.35. The molecule has 38 heavy (non-hydrogen) atoms. The van der Waals surface area contributed by atoms with Gasteiger partial charge in [-0.3, -0.25) is 4.57 Å². The Hall–Kier alpha value is -4.52. The number of halogens is 4. The zero-order valence-electron chi connectivity index (χ0n) is 19.9. The smallest absolute Gasteiger partial charge is 0.475 e. The summed E-state index contributed by atoms with van der Waals surface area (Å²) in [5.74, 6) is -2.10. The highest BCUT2D eigenvalue weighted by molar-refractivity contribution is 5.88. The zero-order valence-corrected chi connectivity index (χ0v) is 19.9. The lowest BCUT2D eigenvalue weighted by Gasteiger charge is -2.12. The van der Waals surface area contributed by atoms with E-state index in [0.29, 0.717) is 11.8 Å². The number of H-pyrrole nitrogens is 1. The second-order valence-corrected chi connectivity index (χ2v) is 8.55. The summed E-state index contributed by atoms with van der Waals surface area (Å²) in [6, 6.07) is 13.7. The Morgan fingerprint density at radius 1 is 1.16 bits per heavy atom. The molecule has 6 rings (SSSR count). The maximum Gasteiger partial charge on any atom is 0.490 e. The molecule has 5 aromatic rings. The first kappa shape index (κ1) is 25.1. The van der Waals surface area contributed by atoms with E-state index in [9.17, 15) is 17.6 Å². The molecule has 13 heteroatoms. The number of carbonyl (C=O) groups is 1. The highest BCUT2D eigenvalue weighted by Crippen LogP contribution is 2.28. The summed E-state index contributed by atoms with van der Waals surface area (Å²) < 4.78 is 48.2. The predicted octanol–water partition coefficient (Wildman–Crippen LogP) is 4.77. The minimum atomic E-state index is -5.08. The van der Waals surface area contributed by atoms with Crippen LogP contribution in [0.25, 0.3) is 27.8 Å². The third-order valence-corrected chi connectivity index (χ3v) is 6.01. The van der Waals surface area contributed by atoms with Crippen molar-refractivity contribution in [2.75, 3.05) is 11.9 Å². The molecule has 9 nitrogen and oxygen atoms in total. The number of anilines is 2. The first-order chi connectivity index (χ1) is 18.1. The Morgan fingerprint density at radius 2 is 1.92 bits per heavy atom. The SMILES string of the molecule is Cc1nc2ccccc2n1-c1nc(Nc2ccc3c4c([nH]c3c2)CCNC4)ncc1F.O=C(O)C(F)(F)F. The van der Waals surface area contributed by atoms with Gasteiger partial charge in [-0.15, -0.1) is 0 Å². The lowest BCUT2D eigenvalue weighted by atomic mass is 10.1. The molecular formula is C25H21F4N7O2. The van der Waals surface area contributed by atoms with Gasteiger partial charge in [0.1, 0.15) is 5.82 Å². The van der Waals surface area contributed by atoms with Crippen LogP contribution in [0.2, 0.25) is 0 Å². The van der Waals surface area contributed by atoms with Gasteiger partial charge in [-0.05, 0) is 36.8 Å². The summed E-state index contributed by atoms with van der Waals surface area (Å²) in [5, 5.41) is 15.0. The summed E-state index contributed by atoms with van der Waals surface area (Å²) in [5.41, 5.74) is 6.12. The second-order valence-electron chi connectivity index (χ2n) is 8.55. The number of para-hydroxylation sites is 2. The fourth-order valence-electron chi connectivity index (χ4n) is 4.35. The number of hydrogen-bond acceptors (Lipinski definition) is 6. The van der Waals surface area contributed by atoms with Crippen molar-refractivity contribution in [2.45, 2.75) is 26.1 Å². The summed E-state index contributed by atoms with van der Waals surface area (Å²) in [7, 11) is 0. The summed E-state index contributed by atoms with van der Waals surface area (Å²) in [4.78, 5) is 25.6. The van der Waals surface area contributed by atoms with Crippen LogP contribution in [-0.2, 0) is 17.8 Å². The average molecular weight is 527 g/mol. The number of aryl methyl sites for hydroxylation is 1. The van der Waals surface area contributed by atoms with Crippen LogP contribution in [0.5, 0.6) is 0 Å². The van der Waals surface area contributed by atoms with Gasteiger partial charge in [0.05, 0.1) is 17.2 Å². The van der Waals surface area contributed by atoms with E-state index in [1.165, 1.54) is 22.8 Å². The van der Waals surface area contributed by atoms with Crippen molar-refractivity contribution in [2.24, 2.45) is 0 Å². The molecule has 2 aromatic carbocycles. The Kier molecular flexibility index (Phi) is 6.45. The number of rotatable bonds is 3. The molecule has 196 valence electrons. The fraction of sp³-hybridized carbons (Fsp3) is 0.200. The Labute approximate surface area is 212 Å². The van der Waals surface area contributed by atoms with Crippen LogP contribution in [0.4, 0.5) is 29.2 Å². The normalized spacial score (nSPS) is 13.2. The van der Waals surface area contributed by atoms with Crippen molar-refractivity contribution < 1.29 is 27.5 Å². The van der Waals surface area contributed by atoms with Gasteiger partial charge >= 0.3 is 12.1 Å². The van der Waals surface area contributed by atoms with Crippen molar-refractivity contribution >= 4 is 39.5 Å². The number of imidazole rings is 1. The van der Waals surface area contributed by atoms with Crippen LogP contribution >= 0.6 is 0 Å². The molecule has 0 aliphatic carbocycles. The minimum Gasteiger partial charge on any atom is -0.475 e. The van der Waals surface area contributed by atoms with Crippen LogP contribution < -0.4 is 10.6 Å². The lowest BCUT2D eigenvalue weighted by molar-refractivity contribution is -0.192. The maximum atomic E-state index is 14.7. The first-order valence-electron chi connectivity index (χ1n) is 11.5. The highest BCUT2D eigenvalue weighted by atomic mass is 19.4. The molecule has 0 bridgehead atoms. The second kappa shape index (κ2) is 9.74. The van der Waals surface area contributed by atoms with Gasteiger partial charge in [0.15, 0.2) is 11.6 Å². The van der Waals surface area contributed by atoms with E-state index < -0.39 is 18.0 Å². The van der Waals surface area contributed by atoms with Gasteiger partial charge in [0, 0.05) is 41.8 Å². The first-order valence-corrected chi connectivity index (χ1v) is 11.5. The lowest BCUT2D eigenvalue weighted by Crippen LogP contribution is -2.22. The van der Waals surface area contributed by atoms with Crippen molar-refractivity contribution in [3.63, 3.8) is 0 Å². The van der Waals surface area contributed by atoms with E-state index in [1.807, 2.05) is 43.3 Å². The molecule has 3 aromatic heterocycles. The molecule has 4 N–H and O–H groups in total. The number of nitrogens with zero attached hydrogens (tertiary/aromatic N) is 4. The van der Waals surface area contributed by atoms with Crippen LogP contribution in [0.3, 0.4) is 0 Å². The summed E-state index contributed by atoms with van der Waals surface area (Å²) in [6.45, 7) is 3.70. The van der Waals surface area contributed by atoms with Gasteiger partial charge in [-0.25, -0.2) is 19.2 Å². The number of hydrogen-bond donors (Lipinski definition) is 4. The van der Waals surface area contributed by atoms with E-state index in [0.717, 1.165) is 41.7 Å². The Morgan fingerprint density at radius 3 is 2.68 bits per heavy atom. The number of nitrogens with one attached hydrogen (secondary N) is 3. The van der Waals surface area contributed by atoms with Crippen LogP contribution in [-0.4, -0.2) is 48.3 Å². The number of aromatic nitrogens is 5. The Balaban J connectivity index is 0.000000374. The molecule has 0 amide bonds. The number of aromatic amines is 1. The van der Waals surface area contributed by atoms with E-state index in [-0.39, 0.29) is 5.82 Å². The van der Waals surface area contributed by atoms with Crippen molar-refractivity contribution in [1.82, 2.24) is 29.8 Å². The molecule has 0 fully saturated rings. The predicted molar refractivity (Wildman–Crippen MR) is 132 cm³/mol. The van der Waals surface area contributed by atoms with E-state index >= 15 is 0 Å². The van der Waals surface area contributed by atoms with E-state index in [2.05, 4.69) is 36.6 Å². The number of fused-ring (bicyclic) bond motifs is 4. The van der Waals surface area contributed by atoms with Crippen LogP contribution in [0.15, 0.2) is 48.7 Å². The third kappa shape index (κ3) is 4.87. The molecule has 1 aliphatic rings. The molecule has 0 radical (unpaired) electrons. The molecule has 4 heterocycles. The van der Waals surface area contributed by atoms with Crippen molar-refractivity contribution in [3.8, 4) is 5.82 Å². The topological polar surface area (TPSA) is 121 Å². The average Bonchev–Trinajstić information content (AvgIpc) is 3.41. The maximum absolute atomic E-state index is 14.7. The molecule has 1 aliphatic heterocycles. The molecular weight excluding hydrogens is 506 g/mol. The number of carboxylic acids is 1. The van der Waals surface area contributed by atoms with Gasteiger partial charge in [-0.1, -0.05) is 18.2 Å². The number of alkyl halides is 3. The highest BCUT2D eigenvalue weighted by Gasteiger charge is 2.38. The van der Waals surface area contributed by atoms with Crippen molar-refractivity contribution in [3.05, 3.63) is 71.6 Å². The quantitative estimate of drug-likeness (QED) is 0.250. The number of aliphatic carboxylic acids is 1. The summed E-state index contributed by atoms with van der Waals surface area (Å²) in [6.07, 6.45) is -2.90. The van der Waals surface area contributed by atoms with Gasteiger partial charge in [0.2, 0.25) is 5.95 Å². The standard InChI is InChI=1S/C23H20FN7.C2HF3O2/c1-13-27-19-4-2-3-5-21(19)31(13)22-17(24)12-26-23(30-22)28-14-6-7-15-16-11-25-9-8-18(16)29-20(15)10-14;3-2(4,5)1(6)7/h2-7,10,12,25,29H,8-9,11H2,1H3,(H,26,28,30);(H,6,7). The van der Waals surface area contributed by atoms with Gasteiger partial charge in [-0.2, -0.15) is 18.2 Å². The third-order valence-electron chi connectivity index (χ3n) is 6.01. The van der Waals surface area contributed by atoms with Gasteiger partial charge in [0.25, 0.3) is 0 Å². The zero-order chi connectivity index (χ0) is 27.0. The minimum absolute atomic E-state index is 0.172. The van der Waals surface area contributed by atoms with Crippen LogP contribution in [0.1, 0.15) is 17.1 Å². The molecule has 0 atom stereocenters. The largest absolute Gasteiger partial charge is 0.490 e. The Bertz CT molecular complexity index is 1660. The molecule has 0 saturated carbocycles. The number of benzene rings is 2. The number of carboxylic acid groups (broad SMARTS) is 1. The van der Waals surface area contributed by atoms with Crippen LogP contribution in [0, 0.1) is 12.7 Å². The van der Waals surface area contributed by atoms with E-state index in [1.54, 1.807) is 4.57 Å². The molecule has 0 saturated heterocycles. The summed E-state index contributed by atoms with van der Waals surface area (Å²) >= 11 is 0. The molecule has 0 spiro atoms. The van der Waals surface area contributed by atoms with E-state index in [4.69, 9.17) is 9.90 Å². The molecule has 0 unspecified atom stereocenters. The van der Waals surface area contributed by atoms with Gasteiger partial charge < -0.3 is 20.7 Å². The monoisotopic (exact) mass is 527 g/mol.